The highest BCUT2D eigenvalue weighted by molar-refractivity contribution is 5.78. The number of terminal acetylenes is 1. The molecule has 0 aliphatic carbocycles. The van der Waals surface area contributed by atoms with Crippen LogP contribution in [0.5, 0.6) is 0 Å². The van der Waals surface area contributed by atoms with E-state index in [4.69, 9.17) is 6.42 Å². The Morgan fingerprint density at radius 1 is 1.32 bits per heavy atom. The zero-order chi connectivity index (χ0) is 13.7. The number of nitrogens with zero attached hydrogens (tertiary/aromatic N) is 2. The van der Waals surface area contributed by atoms with Crippen molar-refractivity contribution in [1.29, 1.82) is 0 Å². The van der Waals surface area contributed by atoms with Crippen LogP contribution in [-0.2, 0) is 11.2 Å². The van der Waals surface area contributed by atoms with Crippen molar-refractivity contribution in [2.75, 3.05) is 32.7 Å². The number of rotatable bonds is 3. The van der Waals surface area contributed by atoms with Crippen LogP contribution < -0.4 is 0 Å². The van der Waals surface area contributed by atoms with Crippen LogP contribution in [0.1, 0.15) is 5.56 Å². The second kappa shape index (κ2) is 6.35. The second-order valence-corrected chi connectivity index (χ2v) is 4.67. The Bertz CT molecular complexity index is 487. The van der Waals surface area contributed by atoms with Gasteiger partial charge in [0.1, 0.15) is 5.82 Å². The second-order valence-electron chi connectivity index (χ2n) is 4.67. The fourth-order valence-electron chi connectivity index (χ4n) is 2.22. The van der Waals surface area contributed by atoms with E-state index < -0.39 is 0 Å². The summed E-state index contributed by atoms with van der Waals surface area (Å²) in [4.78, 5) is 16.1. The summed E-state index contributed by atoms with van der Waals surface area (Å²) in [6.07, 6.45) is 5.52. The summed E-state index contributed by atoms with van der Waals surface area (Å²) in [5.41, 5.74) is 0.719. The molecule has 1 fully saturated rings. The standard InChI is InChI=1S/C15H17FN2O/c1-2-6-17-7-9-18(10-8-17)15(19)12-13-4-3-5-14(16)11-13/h1,3-5,11H,6-10,12H2. The monoisotopic (exact) mass is 260 g/mol. The third kappa shape index (κ3) is 3.80. The maximum absolute atomic E-state index is 13.0. The SMILES string of the molecule is C#CCN1CCN(C(=O)Cc2cccc(F)c2)CC1. The van der Waals surface area contributed by atoms with Crippen LogP contribution in [0.3, 0.4) is 0 Å². The van der Waals surface area contributed by atoms with E-state index in [1.807, 2.05) is 4.90 Å². The van der Waals surface area contributed by atoms with Gasteiger partial charge in [0.25, 0.3) is 0 Å². The Kier molecular flexibility index (Phi) is 4.53. The van der Waals surface area contributed by atoms with Crippen molar-refractivity contribution >= 4 is 5.91 Å². The summed E-state index contributed by atoms with van der Waals surface area (Å²) < 4.78 is 13.0. The van der Waals surface area contributed by atoms with Gasteiger partial charge in [-0.1, -0.05) is 18.1 Å². The van der Waals surface area contributed by atoms with E-state index in [2.05, 4.69) is 10.8 Å². The normalized spacial score (nSPS) is 16.1. The average Bonchev–Trinajstić information content (AvgIpc) is 2.40. The molecule has 4 heteroatoms. The minimum atomic E-state index is -0.302. The minimum absolute atomic E-state index is 0.0472. The van der Waals surface area contributed by atoms with Crippen LogP contribution in [0.4, 0.5) is 4.39 Å². The number of benzene rings is 1. The fraction of sp³-hybridized carbons (Fsp3) is 0.400. The summed E-state index contributed by atoms with van der Waals surface area (Å²) in [7, 11) is 0. The molecule has 0 radical (unpaired) electrons. The number of halogens is 1. The number of amides is 1. The Morgan fingerprint density at radius 3 is 2.68 bits per heavy atom. The van der Waals surface area contributed by atoms with Gasteiger partial charge in [-0.25, -0.2) is 4.39 Å². The molecular weight excluding hydrogens is 243 g/mol. The molecule has 0 bridgehead atoms. The molecule has 0 unspecified atom stereocenters. The number of piperazine rings is 1. The first-order chi connectivity index (χ1) is 9.19. The fourth-order valence-corrected chi connectivity index (χ4v) is 2.22. The summed E-state index contributed by atoms with van der Waals surface area (Å²) in [5.74, 6) is 2.35. The van der Waals surface area contributed by atoms with E-state index in [9.17, 15) is 9.18 Å². The highest BCUT2D eigenvalue weighted by Crippen LogP contribution is 2.08. The van der Waals surface area contributed by atoms with Gasteiger partial charge in [0, 0.05) is 26.2 Å². The summed E-state index contributed by atoms with van der Waals surface area (Å²) >= 11 is 0. The van der Waals surface area contributed by atoms with Crippen molar-refractivity contribution in [2.24, 2.45) is 0 Å². The number of carbonyl (C=O) groups excluding carboxylic acids is 1. The minimum Gasteiger partial charge on any atom is -0.340 e. The third-order valence-corrected chi connectivity index (χ3v) is 3.28. The van der Waals surface area contributed by atoms with E-state index in [-0.39, 0.29) is 18.1 Å². The molecule has 0 atom stereocenters. The topological polar surface area (TPSA) is 23.6 Å². The molecule has 3 nitrogen and oxygen atoms in total. The van der Waals surface area contributed by atoms with E-state index >= 15 is 0 Å². The summed E-state index contributed by atoms with van der Waals surface area (Å²) in [6, 6.07) is 6.19. The Balaban J connectivity index is 1.86. The molecule has 1 aromatic carbocycles. The van der Waals surface area contributed by atoms with Crippen LogP contribution >= 0.6 is 0 Å². The van der Waals surface area contributed by atoms with Crippen molar-refractivity contribution in [1.82, 2.24) is 9.80 Å². The highest BCUT2D eigenvalue weighted by Gasteiger charge is 2.20. The van der Waals surface area contributed by atoms with E-state index in [0.717, 1.165) is 18.7 Å². The van der Waals surface area contributed by atoms with Crippen molar-refractivity contribution in [2.45, 2.75) is 6.42 Å². The van der Waals surface area contributed by atoms with Crippen molar-refractivity contribution < 1.29 is 9.18 Å². The molecule has 1 saturated heterocycles. The molecule has 1 aliphatic heterocycles. The molecule has 0 saturated carbocycles. The van der Waals surface area contributed by atoms with Gasteiger partial charge in [-0.2, -0.15) is 0 Å². The van der Waals surface area contributed by atoms with Crippen LogP contribution in [0, 0.1) is 18.2 Å². The largest absolute Gasteiger partial charge is 0.340 e. The Hall–Kier alpha value is -1.86. The van der Waals surface area contributed by atoms with Gasteiger partial charge in [0.15, 0.2) is 0 Å². The lowest BCUT2D eigenvalue weighted by Gasteiger charge is -2.33. The number of hydrogen-bond acceptors (Lipinski definition) is 2. The maximum atomic E-state index is 13.0. The van der Waals surface area contributed by atoms with Crippen LogP contribution in [-0.4, -0.2) is 48.4 Å². The quantitative estimate of drug-likeness (QED) is 0.761. The van der Waals surface area contributed by atoms with Gasteiger partial charge in [0.2, 0.25) is 5.91 Å². The molecule has 1 aromatic rings. The smallest absolute Gasteiger partial charge is 0.227 e. The molecule has 0 spiro atoms. The van der Waals surface area contributed by atoms with E-state index in [1.54, 1.807) is 12.1 Å². The van der Waals surface area contributed by atoms with Crippen molar-refractivity contribution in [3.05, 3.63) is 35.6 Å². The van der Waals surface area contributed by atoms with Gasteiger partial charge >= 0.3 is 0 Å². The third-order valence-electron chi connectivity index (χ3n) is 3.28. The lowest BCUT2D eigenvalue weighted by Crippen LogP contribution is -2.49. The van der Waals surface area contributed by atoms with Crippen LogP contribution in [0.15, 0.2) is 24.3 Å². The van der Waals surface area contributed by atoms with E-state index in [1.165, 1.54) is 12.1 Å². The molecule has 1 amide bonds. The van der Waals surface area contributed by atoms with Gasteiger partial charge in [-0.15, -0.1) is 6.42 Å². The molecule has 0 N–H and O–H groups in total. The van der Waals surface area contributed by atoms with Crippen molar-refractivity contribution in [3.63, 3.8) is 0 Å². The molecule has 1 aliphatic rings. The average molecular weight is 260 g/mol. The lowest BCUT2D eigenvalue weighted by atomic mass is 10.1. The van der Waals surface area contributed by atoms with Crippen LogP contribution in [0.2, 0.25) is 0 Å². The molecular formula is C15H17FN2O. The lowest BCUT2D eigenvalue weighted by molar-refractivity contribution is -0.132. The highest BCUT2D eigenvalue weighted by atomic mass is 19.1. The summed E-state index contributed by atoms with van der Waals surface area (Å²) in [5, 5.41) is 0. The number of hydrogen-bond donors (Lipinski definition) is 0. The Labute approximate surface area is 113 Å². The zero-order valence-corrected chi connectivity index (χ0v) is 10.8. The van der Waals surface area contributed by atoms with Gasteiger partial charge in [-0.3, -0.25) is 9.69 Å². The predicted octanol–water partition coefficient (Wildman–Crippen LogP) is 1.15. The van der Waals surface area contributed by atoms with Gasteiger partial charge in [-0.05, 0) is 17.7 Å². The van der Waals surface area contributed by atoms with Crippen molar-refractivity contribution in [3.8, 4) is 12.3 Å². The Morgan fingerprint density at radius 2 is 2.05 bits per heavy atom. The molecule has 100 valence electrons. The predicted molar refractivity (Wildman–Crippen MR) is 72.0 cm³/mol. The molecule has 19 heavy (non-hydrogen) atoms. The van der Waals surface area contributed by atoms with Crippen LogP contribution in [0.25, 0.3) is 0 Å². The zero-order valence-electron chi connectivity index (χ0n) is 10.8. The molecule has 0 aromatic heterocycles. The number of carbonyl (C=O) groups is 1. The van der Waals surface area contributed by atoms with E-state index in [0.29, 0.717) is 19.6 Å². The first kappa shape index (κ1) is 13.6. The first-order valence-corrected chi connectivity index (χ1v) is 6.37. The maximum Gasteiger partial charge on any atom is 0.227 e. The molecule has 1 heterocycles. The molecule has 2 rings (SSSR count). The van der Waals surface area contributed by atoms with Gasteiger partial charge < -0.3 is 4.90 Å². The summed E-state index contributed by atoms with van der Waals surface area (Å²) in [6.45, 7) is 3.62. The first-order valence-electron chi connectivity index (χ1n) is 6.37. The van der Waals surface area contributed by atoms with Gasteiger partial charge in [0.05, 0.1) is 13.0 Å².